The molecule has 6 nitrogen and oxygen atoms in total. The van der Waals surface area contributed by atoms with Crippen LogP contribution in [0.2, 0.25) is 0 Å². The fraction of sp³-hybridized carbons (Fsp3) is 0.353. The third-order valence-electron chi connectivity index (χ3n) is 3.29. The Morgan fingerprint density at radius 3 is 2.42 bits per heavy atom. The molecule has 0 aliphatic heterocycles. The molecule has 1 aromatic heterocycles. The number of rotatable bonds is 8. The van der Waals surface area contributed by atoms with E-state index in [1.54, 1.807) is 41.5 Å². The lowest BCUT2D eigenvalue weighted by atomic mass is 10.2. The van der Waals surface area contributed by atoms with Crippen molar-refractivity contribution in [2.24, 2.45) is 0 Å². The highest BCUT2D eigenvalue weighted by Gasteiger charge is 2.15. The van der Waals surface area contributed by atoms with Crippen LogP contribution in [0.25, 0.3) is 0 Å². The maximum atomic E-state index is 12.3. The van der Waals surface area contributed by atoms with Crippen molar-refractivity contribution in [1.29, 1.82) is 0 Å². The first-order chi connectivity index (χ1) is 11.4. The van der Waals surface area contributed by atoms with E-state index in [1.807, 2.05) is 13.0 Å². The van der Waals surface area contributed by atoms with Gasteiger partial charge in [0.05, 0.1) is 19.1 Å². The summed E-state index contributed by atoms with van der Waals surface area (Å²) in [5.74, 6) is 1.01. The Morgan fingerprint density at radius 2 is 1.88 bits per heavy atom. The second-order valence-electron chi connectivity index (χ2n) is 5.51. The molecule has 1 aromatic carbocycles. The number of furan rings is 1. The summed E-state index contributed by atoms with van der Waals surface area (Å²) >= 11 is 0. The Labute approximate surface area is 142 Å². The van der Waals surface area contributed by atoms with E-state index in [2.05, 4.69) is 0 Å². The fourth-order valence-electron chi connectivity index (χ4n) is 2.24. The molecule has 24 heavy (non-hydrogen) atoms. The molecule has 0 radical (unpaired) electrons. The van der Waals surface area contributed by atoms with E-state index in [0.29, 0.717) is 19.5 Å². The molecule has 7 heteroatoms. The van der Waals surface area contributed by atoms with Gasteiger partial charge in [-0.1, -0.05) is 19.1 Å². The van der Waals surface area contributed by atoms with Crippen LogP contribution in [0, 0.1) is 0 Å². The molecular formula is C17H21NO5S. The zero-order valence-electron chi connectivity index (χ0n) is 13.8. The van der Waals surface area contributed by atoms with E-state index >= 15 is 0 Å². The summed E-state index contributed by atoms with van der Waals surface area (Å²) in [6.45, 7) is 2.77. The Kier molecular flexibility index (Phi) is 6.03. The molecule has 130 valence electrons. The van der Waals surface area contributed by atoms with Crippen molar-refractivity contribution in [3.05, 3.63) is 54.0 Å². The van der Waals surface area contributed by atoms with Crippen LogP contribution >= 0.6 is 0 Å². The number of carbonyl (C=O) groups is 1. The topological polar surface area (TPSA) is 76.8 Å². The molecule has 0 unspecified atom stereocenters. The predicted molar refractivity (Wildman–Crippen MR) is 89.8 cm³/mol. The minimum atomic E-state index is -3.55. The average Bonchev–Trinajstić information content (AvgIpc) is 3.00. The smallest absolute Gasteiger partial charge is 0.306 e. The monoisotopic (exact) mass is 351 g/mol. The van der Waals surface area contributed by atoms with Crippen molar-refractivity contribution in [1.82, 2.24) is 4.90 Å². The molecule has 2 rings (SSSR count). The van der Waals surface area contributed by atoms with Crippen LogP contribution in [0.1, 0.15) is 31.1 Å². The molecule has 2 aromatic rings. The van der Waals surface area contributed by atoms with Crippen LogP contribution < -0.4 is 4.18 Å². The van der Waals surface area contributed by atoms with Crippen LogP contribution in [0.5, 0.6) is 5.75 Å². The van der Waals surface area contributed by atoms with Gasteiger partial charge in [-0.05, 0) is 36.2 Å². The summed E-state index contributed by atoms with van der Waals surface area (Å²) < 4.78 is 32.4. The maximum absolute atomic E-state index is 12.3. The third-order valence-corrected chi connectivity index (χ3v) is 3.78. The van der Waals surface area contributed by atoms with Gasteiger partial charge in [-0.15, -0.1) is 0 Å². The predicted octanol–water partition coefficient (Wildman–Crippen LogP) is 2.95. The van der Waals surface area contributed by atoms with Gasteiger partial charge in [-0.2, -0.15) is 8.42 Å². The number of nitrogens with zero attached hydrogens (tertiary/aromatic N) is 1. The standard InChI is InChI=1S/C17H21NO5S/c1-3-5-17(19)18(13-16-6-4-11-22-16)12-14-7-9-15(10-8-14)23-24(2,20)21/h4,6-11H,3,5,12-13H2,1-2H3. The van der Waals surface area contributed by atoms with E-state index in [9.17, 15) is 13.2 Å². The maximum Gasteiger partial charge on any atom is 0.306 e. The molecule has 0 atom stereocenters. The summed E-state index contributed by atoms with van der Waals surface area (Å²) in [6.07, 6.45) is 3.81. The van der Waals surface area contributed by atoms with Crippen LogP contribution in [0.15, 0.2) is 47.1 Å². The van der Waals surface area contributed by atoms with E-state index in [1.165, 1.54) is 0 Å². The molecule has 0 aliphatic rings. The molecule has 0 saturated carbocycles. The Bertz CT molecular complexity index is 751. The van der Waals surface area contributed by atoms with Crippen LogP contribution in [-0.4, -0.2) is 25.5 Å². The summed E-state index contributed by atoms with van der Waals surface area (Å²) in [5, 5.41) is 0. The molecule has 1 heterocycles. The molecular weight excluding hydrogens is 330 g/mol. The van der Waals surface area contributed by atoms with Gasteiger partial charge in [0, 0.05) is 13.0 Å². The Hall–Kier alpha value is -2.28. The van der Waals surface area contributed by atoms with Gasteiger partial charge in [0.1, 0.15) is 11.5 Å². The van der Waals surface area contributed by atoms with Gasteiger partial charge in [0.25, 0.3) is 0 Å². The van der Waals surface area contributed by atoms with Gasteiger partial charge in [-0.3, -0.25) is 4.79 Å². The molecule has 0 N–H and O–H groups in total. The first-order valence-electron chi connectivity index (χ1n) is 7.66. The van der Waals surface area contributed by atoms with Crippen molar-refractivity contribution in [3.63, 3.8) is 0 Å². The van der Waals surface area contributed by atoms with E-state index < -0.39 is 10.1 Å². The summed E-state index contributed by atoms with van der Waals surface area (Å²) in [5.41, 5.74) is 0.881. The van der Waals surface area contributed by atoms with E-state index in [-0.39, 0.29) is 11.7 Å². The van der Waals surface area contributed by atoms with Gasteiger partial charge in [-0.25, -0.2) is 0 Å². The van der Waals surface area contributed by atoms with E-state index in [4.69, 9.17) is 8.60 Å². The first kappa shape index (κ1) is 18.1. The highest BCUT2D eigenvalue weighted by Crippen LogP contribution is 2.17. The Balaban J connectivity index is 2.09. The van der Waals surface area contributed by atoms with E-state index in [0.717, 1.165) is 24.0 Å². The largest absolute Gasteiger partial charge is 0.467 e. The van der Waals surface area contributed by atoms with Crippen molar-refractivity contribution in [2.45, 2.75) is 32.9 Å². The SMILES string of the molecule is CCCC(=O)N(Cc1ccc(OS(C)(=O)=O)cc1)Cc1ccco1. The summed E-state index contributed by atoms with van der Waals surface area (Å²) in [4.78, 5) is 14.0. The van der Waals surface area contributed by atoms with Gasteiger partial charge < -0.3 is 13.5 Å². The van der Waals surface area contributed by atoms with Gasteiger partial charge >= 0.3 is 10.1 Å². The lowest BCUT2D eigenvalue weighted by Crippen LogP contribution is -2.29. The second kappa shape index (κ2) is 8.01. The quantitative estimate of drug-likeness (QED) is 0.683. The Morgan fingerprint density at radius 1 is 1.17 bits per heavy atom. The fourth-order valence-corrected chi connectivity index (χ4v) is 2.70. The highest BCUT2D eigenvalue weighted by molar-refractivity contribution is 7.86. The number of hydrogen-bond donors (Lipinski definition) is 0. The number of hydrogen-bond acceptors (Lipinski definition) is 5. The second-order valence-corrected chi connectivity index (χ2v) is 7.09. The zero-order chi connectivity index (χ0) is 17.6. The van der Waals surface area contributed by atoms with Crippen LogP contribution in [0.3, 0.4) is 0 Å². The summed E-state index contributed by atoms with van der Waals surface area (Å²) in [7, 11) is -3.55. The minimum absolute atomic E-state index is 0.0466. The lowest BCUT2D eigenvalue weighted by Gasteiger charge is -2.22. The molecule has 1 amide bonds. The van der Waals surface area contributed by atoms with Crippen molar-refractivity contribution in [3.8, 4) is 5.75 Å². The third kappa shape index (κ3) is 5.73. The molecule has 0 spiro atoms. The molecule has 0 fully saturated rings. The highest BCUT2D eigenvalue weighted by atomic mass is 32.2. The average molecular weight is 351 g/mol. The lowest BCUT2D eigenvalue weighted by molar-refractivity contribution is -0.132. The number of carbonyl (C=O) groups excluding carboxylic acids is 1. The number of amides is 1. The van der Waals surface area contributed by atoms with Crippen molar-refractivity contribution in [2.75, 3.05) is 6.26 Å². The zero-order valence-corrected chi connectivity index (χ0v) is 14.6. The van der Waals surface area contributed by atoms with Crippen molar-refractivity contribution < 1.29 is 21.8 Å². The summed E-state index contributed by atoms with van der Waals surface area (Å²) in [6, 6.07) is 10.3. The molecule has 0 saturated heterocycles. The molecule has 0 aliphatic carbocycles. The molecule has 0 bridgehead atoms. The normalized spacial score (nSPS) is 11.2. The number of benzene rings is 1. The minimum Gasteiger partial charge on any atom is -0.467 e. The first-order valence-corrected chi connectivity index (χ1v) is 9.47. The van der Waals surface area contributed by atoms with Gasteiger partial charge in [0.2, 0.25) is 5.91 Å². The van der Waals surface area contributed by atoms with Crippen LogP contribution in [-0.2, 0) is 28.0 Å². The van der Waals surface area contributed by atoms with Crippen LogP contribution in [0.4, 0.5) is 0 Å². The van der Waals surface area contributed by atoms with Gasteiger partial charge in [0.15, 0.2) is 0 Å². The van der Waals surface area contributed by atoms with Crippen molar-refractivity contribution >= 4 is 16.0 Å².